The van der Waals surface area contributed by atoms with E-state index < -0.39 is 0 Å². The molecule has 1 saturated carbocycles. The molecule has 0 bridgehead atoms. The molecule has 1 aliphatic carbocycles. The van der Waals surface area contributed by atoms with Crippen molar-refractivity contribution < 1.29 is 0 Å². The van der Waals surface area contributed by atoms with E-state index in [1.54, 1.807) is 11.1 Å². The van der Waals surface area contributed by atoms with Crippen LogP contribution in [0.3, 0.4) is 0 Å². The highest BCUT2D eigenvalue weighted by atomic mass is 15.2. The number of likely N-dealkylation sites (tertiary alicyclic amines) is 1. The first-order valence-electron chi connectivity index (χ1n) is 7.43. The van der Waals surface area contributed by atoms with Crippen LogP contribution in [0.15, 0.2) is 24.3 Å². The summed E-state index contributed by atoms with van der Waals surface area (Å²) in [5, 5.41) is 3.81. The van der Waals surface area contributed by atoms with E-state index in [1.807, 2.05) is 0 Å². The number of rotatable bonds is 2. The van der Waals surface area contributed by atoms with E-state index in [0.29, 0.717) is 11.5 Å². The summed E-state index contributed by atoms with van der Waals surface area (Å²) in [6.45, 7) is 4.99. The second-order valence-electron chi connectivity index (χ2n) is 6.31. The normalized spacial score (nSPS) is 29.4. The third-order valence-electron chi connectivity index (χ3n) is 5.09. The SMILES string of the molecule is c1ccc2c(c1)C(CN1CCCC1)NCC21CC1. The Hall–Kier alpha value is -0.860. The van der Waals surface area contributed by atoms with Gasteiger partial charge in [0, 0.05) is 24.5 Å². The summed E-state index contributed by atoms with van der Waals surface area (Å²) in [6, 6.07) is 9.71. The van der Waals surface area contributed by atoms with Crippen molar-refractivity contribution in [3.05, 3.63) is 35.4 Å². The first-order chi connectivity index (χ1) is 8.87. The fourth-order valence-electron chi connectivity index (χ4n) is 3.79. The maximum Gasteiger partial charge on any atom is 0.0452 e. The Balaban J connectivity index is 1.61. The Bertz CT molecular complexity index is 444. The van der Waals surface area contributed by atoms with E-state index in [2.05, 4.69) is 34.5 Å². The predicted molar refractivity (Wildman–Crippen MR) is 73.8 cm³/mol. The van der Waals surface area contributed by atoms with E-state index in [1.165, 1.54) is 51.9 Å². The van der Waals surface area contributed by atoms with E-state index in [4.69, 9.17) is 0 Å². The van der Waals surface area contributed by atoms with Crippen molar-refractivity contribution >= 4 is 0 Å². The van der Waals surface area contributed by atoms with Gasteiger partial charge in [0.2, 0.25) is 0 Å². The summed E-state index contributed by atoms with van der Waals surface area (Å²) in [5.74, 6) is 0. The monoisotopic (exact) mass is 242 g/mol. The first kappa shape index (κ1) is 11.0. The Morgan fingerprint density at radius 2 is 1.94 bits per heavy atom. The van der Waals surface area contributed by atoms with E-state index in [0.717, 1.165) is 0 Å². The minimum atomic E-state index is 0.512. The van der Waals surface area contributed by atoms with Crippen LogP contribution in [-0.2, 0) is 5.41 Å². The molecule has 1 aromatic rings. The molecule has 96 valence electrons. The van der Waals surface area contributed by atoms with Gasteiger partial charge in [0.05, 0.1) is 0 Å². The molecule has 1 N–H and O–H groups in total. The molecule has 2 heterocycles. The summed E-state index contributed by atoms with van der Waals surface area (Å²) in [7, 11) is 0. The quantitative estimate of drug-likeness (QED) is 0.857. The Morgan fingerprint density at radius 1 is 1.17 bits per heavy atom. The van der Waals surface area contributed by atoms with Crippen LogP contribution in [0.5, 0.6) is 0 Å². The van der Waals surface area contributed by atoms with Gasteiger partial charge in [0.25, 0.3) is 0 Å². The molecule has 1 unspecified atom stereocenters. The molecule has 0 radical (unpaired) electrons. The second-order valence-corrected chi connectivity index (χ2v) is 6.31. The zero-order valence-corrected chi connectivity index (χ0v) is 11.0. The van der Waals surface area contributed by atoms with Crippen molar-refractivity contribution in [3.63, 3.8) is 0 Å². The van der Waals surface area contributed by atoms with Crippen LogP contribution in [0, 0.1) is 0 Å². The maximum atomic E-state index is 3.81. The van der Waals surface area contributed by atoms with Crippen molar-refractivity contribution in [1.29, 1.82) is 0 Å². The Kier molecular flexibility index (Phi) is 2.49. The van der Waals surface area contributed by atoms with Crippen LogP contribution in [0.4, 0.5) is 0 Å². The minimum Gasteiger partial charge on any atom is -0.308 e. The smallest absolute Gasteiger partial charge is 0.0452 e. The lowest BCUT2D eigenvalue weighted by molar-refractivity contribution is 0.279. The molecule has 1 saturated heterocycles. The third-order valence-corrected chi connectivity index (χ3v) is 5.09. The zero-order valence-electron chi connectivity index (χ0n) is 11.0. The van der Waals surface area contributed by atoms with Gasteiger partial charge < -0.3 is 10.2 Å². The van der Waals surface area contributed by atoms with Gasteiger partial charge in [-0.05, 0) is 49.9 Å². The van der Waals surface area contributed by atoms with Crippen LogP contribution in [-0.4, -0.2) is 31.1 Å². The lowest BCUT2D eigenvalue weighted by Crippen LogP contribution is -2.42. The Labute approximate surface area is 109 Å². The summed E-state index contributed by atoms with van der Waals surface area (Å²) >= 11 is 0. The number of fused-ring (bicyclic) bond motifs is 2. The molecular weight excluding hydrogens is 220 g/mol. The number of hydrogen-bond donors (Lipinski definition) is 1. The molecule has 1 aromatic carbocycles. The average molecular weight is 242 g/mol. The number of benzene rings is 1. The highest BCUT2D eigenvalue weighted by Crippen LogP contribution is 2.52. The Morgan fingerprint density at radius 3 is 2.72 bits per heavy atom. The maximum absolute atomic E-state index is 3.81. The summed E-state index contributed by atoms with van der Waals surface area (Å²) in [4.78, 5) is 2.62. The molecule has 2 aliphatic heterocycles. The molecule has 2 nitrogen and oxygen atoms in total. The van der Waals surface area contributed by atoms with Gasteiger partial charge in [-0.3, -0.25) is 0 Å². The highest BCUT2D eigenvalue weighted by Gasteiger charge is 2.48. The first-order valence-corrected chi connectivity index (χ1v) is 7.43. The largest absolute Gasteiger partial charge is 0.308 e. The van der Waals surface area contributed by atoms with Crippen LogP contribution in [0.1, 0.15) is 42.9 Å². The van der Waals surface area contributed by atoms with Gasteiger partial charge in [-0.25, -0.2) is 0 Å². The topological polar surface area (TPSA) is 15.3 Å². The zero-order chi connectivity index (χ0) is 12.0. The summed E-state index contributed by atoms with van der Waals surface area (Å²) in [5.41, 5.74) is 3.74. The van der Waals surface area contributed by atoms with Crippen LogP contribution >= 0.6 is 0 Å². The molecule has 1 spiro atoms. The molecule has 0 amide bonds. The van der Waals surface area contributed by atoms with Gasteiger partial charge in [-0.15, -0.1) is 0 Å². The standard InChI is InChI=1S/C16H22N2/c1-2-6-14-13(5-1)15(11-18-9-3-4-10-18)17-12-16(14)7-8-16/h1-2,5-6,15,17H,3-4,7-12H2. The molecule has 2 fully saturated rings. The van der Waals surface area contributed by atoms with Gasteiger partial charge in [0.15, 0.2) is 0 Å². The average Bonchev–Trinajstić information content (AvgIpc) is 3.00. The molecule has 1 atom stereocenters. The van der Waals surface area contributed by atoms with Crippen molar-refractivity contribution in [2.75, 3.05) is 26.2 Å². The molecule has 2 heteroatoms. The molecule has 18 heavy (non-hydrogen) atoms. The van der Waals surface area contributed by atoms with Crippen LogP contribution in [0.25, 0.3) is 0 Å². The lowest BCUT2D eigenvalue weighted by atomic mass is 9.84. The summed E-state index contributed by atoms with van der Waals surface area (Å²) < 4.78 is 0. The van der Waals surface area contributed by atoms with Gasteiger partial charge in [0.1, 0.15) is 0 Å². The third kappa shape index (κ3) is 1.70. The van der Waals surface area contributed by atoms with Crippen LogP contribution < -0.4 is 5.32 Å². The molecule has 0 aromatic heterocycles. The fraction of sp³-hybridized carbons (Fsp3) is 0.625. The van der Waals surface area contributed by atoms with Crippen LogP contribution in [0.2, 0.25) is 0 Å². The van der Waals surface area contributed by atoms with Crippen molar-refractivity contribution in [2.45, 2.75) is 37.1 Å². The van der Waals surface area contributed by atoms with Gasteiger partial charge in [-0.1, -0.05) is 24.3 Å². The van der Waals surface area contributed by atoms with Gasteiger partial charge >= 0.3 is 0 Å². The predicted octanol–water partition coefficient (Wildman–Crippen LogP) is 2.46. The number of hydrogen-bond acceptors (Lipinski definition) is 2. The van der Waals surface area contributed by atoms with Crippen molar-refractivity contribution in [3.8, 4) is 0 Å². The lowest BCUT2D eigenvalue weighted by Gasteiger charge is -2.35. The second kappa shape index (κ2) is 4.07. The molecule has 3 aliphatic rings. The molecular formula is C16H22N2. The summed E-state index contributed by atoms with van der Waals surface area (Å²) in [6.07, 6.45) is 5.54. The fourth-order valence-corrected chi connectivity index (χ4v) is 3.79. The highest BCUT2D eigenvalue weighted by molar-refractivity contribution is 5.43. The number of nitrogens with one attached hydrogen (secondary N) is 1. The van der Waals surface area contributed by atoms with Crippen molar-refractivity contribution in [2.24, 2.45) is 0 Å². The van der Waals surface area contributed by atoms with Gasteiger partial charge in [-0.2, -0.15) is 0 Å². The number of nitrogens with zero attached hydrogens (tertiary/aromatic N) is 1. The molecule has 4 rings (SSSR count). The van der Waals surface area contributed by atoms with E-state index in [-0.39, 0.29) is 0 Å². The van der Waals surface area contributed by atoms with E-state index >= 15 is 0 Å². The van der Waals surface area contributed by atoms with Crippen molar-refractivity contribution in [1.82, 2.24) is 10.2 Å². The van der Waals surface area contributed by atoms with E-state index in [9.17, 15) is 0 Å². The minimum absolute atomic E-state index is 0.512.